The maximum atomic E-state index is 12.9. The molecule has 1 aromatic carbocycles. The summed E-state index contributed by atoms with van der Waals surface area (Å²) in [6.45, 7) is 6.64. The molecular weight excluding hydrogens is 348 g/mol. The van der Waals surface area contributed by atoms with Crippen molar-refractivity contribution < 1.29 is 23.5 Å². The van der Waals surface area contributed by atoms with E-state index >= 15 is 0 Å². The number of aryl methyl sites for hydroxylation is 2. The summed E-state index contributed by atoms with van der Waals surface area (Å²) >= 11 is 0. The lowest BCUT2D eigenvalue weighted by Crippen LogP contribution is -2.47. The van der Waals surface area contributed by atoms with Gasteiger partial charge in [0.05, 0.1) is 24.5 Å². The molecule has 2 aliphatic rings. The summed E-state index contributed by atoms with van der Waals surface area (Å²) in [6.07, 6.45) is 1.42. The number of carbonyl (C=O) groups is 1. The summed E-state index contributed by atoms with van der Waals surface area (Å²) in [6, 6.07) is 7.29. The predicted octanol–water partition coefficient (Wildman–Crippen LogP) is 2.85. The molecule has 7 heteroatoms. The van der Waals surface area contributed by atoms with E-state index in [2.05, 4.69) is 5.16 Å². The second-order valence-corrected chi connectivity index (χ2v) is 7.02. The average Bonchev–Trinajstić information content (AvgIpc) is 3.27. The van der Waals surface area contributed by atoms with Gasteiger partial charge in [0.25, 0.3) is 5.91 Å². The Morgan fingerprint density at radius 1 is 1.22 bits per heavy atom. The first-order chi connectivity index (χ1) is 13.1. The van der Waals surface area contributed by atoms with E-state index in [9.17, 15) is 4.79 Å². The van der Waals surface area contributed by atoms with Gasteiger partial charge in [-0.1, -0.05) is 11.2 Å². The van der Waals surface area contributed by atoms with E-state index in [1.54, 1.807) is 6.07 Å². The van der Waals surface area contributed by atoms with Crippen LogP contribution in [0.15, 0.2) is 28.8 Å². The van der Waals surface area contributed by atoms with Crippen LogP contribution in [0.2, 0.25) is 0 Å². The molecule has 3 heterocycles. The highest BCUT2D eigenvalue weighted by Gasteiger charge is 2.40. The number of carbonyl (C=O) groups excluding carboxylic acids is 1. The molecule has 0 unspecified atom stereocenters. The molecule has 7 nitrogen and oxygen atoms in total. The van der Waals surface area contributed by atoms with Gasteiger partial charge in [0.2, 0.25) is 0 Å². The lowest BCUT2D eigenvalue weighted by Gasteiger charge is -2.37. The monoisotopic (exact) mass is 372 g/mol. The normalized spacial score (nSPS) is 18.8. The van der Waals surface area contributed by atoms with Crippen LogP contribution in [0.4, 0.5) is 0 Å². The number of likely N-dealkylation sites (tertiary alicyclic amines) is 1. The van der Waals surface area contributed by atoms with Gasteiger partial charge in [-0.05, 0) is 32.0 Å². The molecule has 0 saturated carbocycles. The molecule has 0 N–H and O–H groups in total. The first-order valence-electron chi connectivity index (χ1n) is 9.28. The number of ether oxygens (including phenoxy) is 3. The molecule has 0 atom stereocenters. The quantitative estimate of drug-likeness (QED) is 0.822. The summed E-state index contributed by atoms with van der Waals surface area (Å²) in [7, 11) is 0. The molecule has 4 rings (SSSR count). The maximum absolute atomic E-state index is 12.9. The van der Waals surface area contributed by atoms with Gasteiger partial charge in [0, 0.05) is 31.5 Å². The van der Waals surface area contributed by atoms with Gasteiger partial charge >= 0.3 is 0 Å². The molecule has 2 saturated heterocycles. The Morgan fingerprint density at radius 3 is 2.63 bits per heavy atom. The molecule has 2 aliphatic heterocycles. The van der Waals surface area contributed by atoms with Crippen molar-refractivity contribution in [3.05, 3.63) is 46.8 Å². The van der Waals surface area contributed by atoms with Gasteiger partial charge in [-0.25, -0.2) is 0 Å². The summed E-state index contributed by atoms with van der Waals surface area (Å²) in [4.78, 5) is 14.7. The molecule has 0 aliphatic carbocycles. The lowest BCUT2D eigenvalue weighted by atomic mass is 10.0. The zero-order chi connectivity index (χ0) is 18.9. The van der Waals surface area contributed by atoms with Crippen molar-refractivity contribution in [2.45, 2.75) is 39.1 Å². The van der Waals surface area contributed by atoms with Gasteiger partial charge < -0.3 is 23.6 Å². The highest BCUT2D eigenvalue weighted by Crippen LogP contribution is 2.32. The Kier molecular flexibility index (Phi) is 4.88. The molecule has 2 aromatic rings. The summed E-state index contributed by atoms with van der Waals surface area (Å²) in [5.41, 5.74) is 2.37. The molecule has 1 spiro atoms. The topological polar surface area (TPSA) is 74.0 Å². The Balaban J connectivity index is 1.39. The van der Waals surface area contributed by atoms with Crippen LogP contribution < -0.4 is 4.74 Å². The molecule has 1 aromatic heterocycles. The van der Waals surface area contributed by atoms with Crippen molar-refractivity contribution in [3.63, 3.8) is 0 Å². The Bertz CT molecular complexity index is 796. The van der Waals surface area contributed by atoms with E-state index in [1.165, 1.54) is 0 Å². The van der Waals surface area contributed by atoms with Crippen molar-refractivity contribution >= 4 is 5.91 Å². The van der Waals surface area contributed by atoms with E-state index in [1.807, 2.05) is 36.9 Å². The number of benzene rings is 1. The second-order valence-electron chi connectivity index (χ2n) is 7.02. The van der Waals surface area contributed by atoms with Crippen LogP contribution in [-0.2, 0) is 16.1 Å². The Hall–Kier alpha value is -2.38. The van der Waals surface area contributed by atoms with Crippen molar-refractivity contribution in [2.75, 3.05) is 26.3 Å². The smallest absolute Gasteiger partial charge is 0.253 e. The fraction of sp³-hybridized carbons (Fsp3) is 0.500. The van der Waals surface area contributed by atoms with Gasteiger partial charge in [0.1, 0.15) is 18.1 Å². The van der Waals surface area contributed by atoms with Crippen molar-refractivity contribution in [1.82, 2.24) is 10.1 Å². The molecule has 0 radical (unpaired) electrons. The minimum Gasteiger partial charge on any atom is -0.489 e. The predicted molar refractivity (Wildman–Crippen MR) is 96.5 cm³/mol. The zero-order valence-corrected chi connectivity index (χ0v) is 15.7. The second kappa shape index (κ2) is 7.32. The first kappa shape index (κ1) is 18.0. The van der Waals surface area contributed by atoms with E-state index in [-0.39, 0.29) is 5.91 Å². The van der Waals surface area contributed by atoms with Crippen molar-refractivity contribution in [2.24, 2.45) is 0 Å². The van der Waals surface area contributed by atoms with Crippen LogP contribution >= 0.6 is 0 Å². The number of rotatable bonds is 4. The molecule has 2 fully saturated rings. The maximum Gasteiger partial charge on any atom is 0.253 e. The minimum atomic E-state index is -0.476. The molecule has 27 heavy (non-hydrogen) atoms. The van der Waals surface area contributed by atoms with Crippen LogP contribution in [0, 0.1) is 13.8 Å². The summed E-state index contributed by atoms with van der Waals surface area (Å²) < 4.78 is 22.5. The largest absolute Gasteiger partial charge is 0.489 e. The van der Waals surface area contributed by atoms with Crippen LogP contribution in [0.1, 0.15) is 40.2 Å². The summed E-state index contributed by atoms with van der Waals surface area (Å²) in [5, 5.41) is 3.93. The van der Waals surface area contributed by atoms with E-state index in [0.29, 0.717) is 57.1 Å². The van der Waals surface area contributed by atoms with Crippen molar-refractivity contribution in [1.29, 1.82) is 0 Å². The Morgan fingerprint density at radius 2 is 1.96 bits per heavy atom. The SMILES string of the molecule is Cc1noc(C)c1COc1cccc(C(=O)N2CCC3(CC2)OCCO3)c1. The highest BCUT2D eigenvalue weighted by molar-refractivity contribution is 5.94. The fourth-order valence-electron chi connectivity index (χ4n) is 3.60. The fourth-order valence-corrected chi connectivity index (χ4v) is 3.60. The van der Waals surface area contributed by atoms with Crippen LogP contribution in [0.3, 0.4) is 0 Å². The van der Waals surface area contributed by atoms with E-state index in [4.69, 9.17) is 18.7 Å². The number of hydrogen-bond acceptors (Lipinski definition) is 6. The molecule has 144 valence electrons. The third kappa shape index (κ3) is 3.70. The van der Waals surface area contributed by atoms with Crippen LogP contribution in [0.25, 0.3) is 0 Å². The van der Waals surface area contributed by atoms with Gasteiger partial charge in [-0.2, -0.15) is 0 Å². The number of amides is 1. The van der Waals surface area contributed by atoms with Gasteiger partial charge in [0.15, 0.2) is 5.79 Å². The highest BCUT2D eigenvalue weighted by atomic mass is 16.7. The third-order valence-electron chi connectivity index (χ3n) is 5.27. The number of nitrogens with zero attached hydrogens (tertiary/aromatic N) is 2. The number of hydrogen-bond donors (Lipinski definition) is 0. The molecular formula is C20H24N2O5. The van der Waals surface area contributed by atoms with Gasteiger partial charge in [-0.15, -0.1) is 0 Å². The molecule has 1 amide bonds. The first-order valence-corrected chi connectivity index (χ1v) is 9.28. The minimum absolute atomic E-state index is 0.00522. The van der Waals surface area contributed by atoms with Gasteiger partial charge in [-0.3, -0.25) is 4.79 Å². The third-order valence-corrected chi connectivity index (χ3v) is 5.27. The van der Waals surface area contributed by atoms with E-state index in [0.717, 1.165) is 17.0 Å². The average molecular weight is 372 g/mol. The van der Waals surface area contributed by atoms with Crippen LogP contribution in [-0.4, -0.2) is 48.1 Å². The molecule has 0 bridgehead atoms. The van der Waals surface area contributed by atoms with E-state index < -0.39 is 5.79 Å². The lowest BCUT2D eigenvalue weighted by molar-refractivity contribution is -0.181. The van der Waals surface area contributed by atoms with Crippen LogP contribution in [0.5, 0.6) is 5.75 Å². The summed E-state index contributed by atoms with van der Waals surface area (Å²) in [5.74, 6) is 0.927. The van der Waals surface area contributed by atoms with Crippen molar-refractivity contribution in [3.8, 4) is 5.75 Å². The number of piperidine rings is 1. The zero-order valence-electron chi connectivity index (χ0n) is 15.7. The standard InChI is InChI=1S/C20H24N2O5/c1-14-18(15(2)27-21-14)13-24-17-5-3-4-16(12-17)19(23)22-8-6-20(7-9-22)25-10-11-26-20/h3-5,12H,6-11,13H2,1-2H3. The Labute approximate surface area is 158 Å². The number of aromatic nitrogens is 1.